The first-order chi connectivity index (χ1) is 13.4. The molecule has 0 aliphatic carbocycles. The molecule has 2 aromatic carbocycles. The molecule has 0 radical (unpaired) electrons. The summed E-state index contributed by atoms with van der Waals surface area (Å²) >= 11 is 0. The molecule has 0 atom stereocenters. The Kier molecular flexibility index (Phi) is 7.56. The lowest BCUT2D eigenvalue weighted by molar-refractivity contribution is -0.119. The molecule has 0 aliphatic heterocycles. The molecule has 148 valence electrons. The third-order valence-corrected chi connectivity index (χ3v) is 3.83. The van der Waals surface area contributed by atoms with E-state index in [0.717, 1.165) is 12.0 Å². The molecule has 0 saturated heterocycles. The van der Waals surface area contributed by atoms with Crippen molar-refractivity contribution >= 4 is 23.5 Å². The highest BCUT2D eigenvalue weighted by Gasteiger charge is 2.13. The van der Waals surface area contributed by atoms with Crippen molar-refractivity contribution in [2.24, 2.45) is 0 Å². The Morgan fingerprint density at radius 2 is 1.64 bits per heavy atom. The first-order valence-corrected chi connectivity index (χ1v) is 8.83. The van der Waals surface area contributed by atoms with Crippen molar-refractivity contribution in [3.05, 3.63) is 59.2 Å². The van der Waals surface area contributed by atoms with Gasteiger partial charge < -0.3 is 19.5 Å². The van der Waals surface area contributed by atoms with Gasteiger partial charge in [-0.05, 0) is 55.3 Å². The third-order valence-electron chi connectivity index (χ3n) is 3.83. The van der Waals surface area contributed by atoms with E-state index in [-0.39, 0.29) is 0 Å². The number of ether oxygens (including phenoxy) is 3. The van der Waals surface area contributed by atoms with Gasteiger partial charge in [-0.15, -0.1) is 0 Å². The summed E-state index contributed by atoms with van der Waals surface area (Å²) in [6, 6.07) is 11.3. The van der Waals surface area contributed by atoms with Crippen molar-refractivity contribution in [1.29, 1.82) is 0 Å². The van der Waals surface area contributed by atoms with E-state index >= 15 is 0 Å². The Morgan fingerprint density at radius 3 is 2.29 bits per heavy atom. The summed E-state index contributed by atoms with van der Waals surface area (Å²) in [6.07, 6.45) is 0.890. The maximum absolute atomic E-state index is 12.1. The normalized spacial score (nSPS) is 10.1. The van der Waals surface area contributed by atoms with Gasteiger partial charge in [0, 0.05) is 5.69 Å². The molecular weight excluding hydrogens is 362 g/mol. The standard InChI is InChI=1S/C21H23NO6/c1-4-11-27-17-9-7-15(8-10-17)21(25)28-13-19(23)22-18-12-16(20(24)26-3)6-5-14(18)2/h5-10,12H,4,11,13H2,1-3H3,(H,22,23). The van der Waals surface area contributed by atoms with E-state index in [4.69, 9.17) is 9.47 Å². The van der Waals surface area contributed by atoms with Gasteiger partial charge in [-0.2, -0.15) is 0 Å². The predicted molar refractivity (Wildman–Crippen MR) is 104 cm³/mol. The van der Waals surface area contributed by atoms with Crippen LogP contribution in [0.2, 0.25) is 0 Å². The Hall–Kier alpha value is -3.35. The van der Waals surface area contributed by atoms with Gasteiger partial charge in [-0.1, -0.05) is 13.0 Å². The molecule has 7 nitrogen and oxygen atoms in total. The Morgan fingerprint density at radius 1 is 0.964 bits per heavy atom. The molecule has 0 saturated carbocycles. The fourth-order valence-electron chi connectivity index (χ4n) is 2.31. The Balaban J connectivity index is 1.91. The second-order valence-corrected chi connectivity index (χ2v) is 6.02. The smallest absolute Gasteiger partial charge is 0.338 e. The fraction of sp³-hybridized carbons (Fsp3) is 0.286. The second-order valence-electron chi connectivity index (χ2n) is 6.02. The second kappa shape index (κ2) is 10.1. The van der Waals surface area contributed by atoms with Crippen LogP contribution in [0.25, 0.3) is 0 Å². The van der Waals surface area contributed by atoms with Crippen molar-refractivity contribution in [2.75, 3.05) is 25.6 Å². The van der Waals surface area contributed by atoms with E-state index in [0.29, 0.717) is 29.2 Å². The highest BCUT2D eigenvalue weighted by molar-refractivity contribution is 5.97. The van der Waals surface area contributed by atoms with Crippen LogP contribution in [0.5, 0.6) is 5.75 Å². The molecule has 0 bridgehead atoms. The number of carbonyl (C=O) groups is 3. The van der Waals surface area contributed by atoms with Crippen LogP contribution in [-0.4, -0.2) is 38.2 Å². The minimum Gasteiger partial charge on any atom is -0.494 e. The molecule has 0 heterocycles. The number of hydrogen-bond donors (Lipinski definition) is 1. The average Bonchev–Trinajstić information content (AvgIpc) is 2.71. The molecule has 0 spiro atoms. The van der Waals surface area contributed by atoms with Crippen molar-refractivity contribution in [1.82, 2.24) is 0 Å². The first kappa shape index (κ1) is 21.0. The molecule has 2 rings (SSSR count). The number of aryl methyl sites for hydroxylation is 1. The Labute approximate surface area is 163 Å². The third kappa shape index (κ3) is 5.84. The Bertz CT molecular complexity index is 844. The number of anilines is 1. The summed E-state index contributed by atoms with van der Waals surface area (Å²) in [6.45, 7) is 3.93. The zero-order chi connectivity index (χ0) is 20.5. The number of benzene rings is 2. The lowest BCUT2D eigenvalue weighted by Crippen LogP contribution is -2.21. The topological polar surface area (TPSA) is 90.9 Å². The molecule has 0 fully saturated rings. The summed E-state index contributed by atoms with van der Waals surface area (Å²) in [5, 5.41) is 2.62. The monoisotopic (exact) mass is 385 g/mol. The minimum atomic E-state index is -0.614. The van der Waals surface area contributed by atoms with Gasteiger partial charge in [0.1, 0.15) is 5.75 Å². The maximum atomic E-state index is 12.1. The molecule has 28 heavy (non-hydrogen) atoms. The largest absolute Gasteiger partial charge is 0.494 e. The molecule has 0 aromatic heterocycles. The summed E-state index contributed by atoms with van der Waals surface area (Å²) < 4.78 is 15.2. The SMILES string of the molecule is CCCOc1ccc(C(=O)OCC(=O)Nc2cc(C(=O)OC)ccc2C)cc1. The van der Waals surface area contributed by atoms with E-state index in [2.05, 4.69) is 10.1 Å². The highest BCUT2D eigenvalue weighted by atomic mass is 16.5. The van der Waals surface area contributed by atoms with Gasteiger partial charge >= 0.3 is 11.9 Å². The van der Waals surface area contributed by atoms with Crippen molar-refractivity contribution < 1.29 is 28.6 Å². The summed E-state index contributed by atoms with van der Waals surface area (Å²) in [5.41, 5.74) is 1.84. The number of methoxy groups -OCH3 is 1. The van der Waals surface area contributed by atoms with Gasteiger partial charge in [-0.3, -0.25) is 4.79 Å². The summed E-state index contributed by atoms with van der Waals surface area (Å²) in [5.74, 6) is -0.969. The summed E-state index contributed by atoms with van der Waals surface area (Å²) in [4.78, 5) is 35.8. The number of carbonyl (C=O) groups excluding carboxylic acids is 3. The van der Waals surface area contributed by atoms with Crippen LogP contribution in [-0.2, 0) is 14.3 Å². The van der Waals surface area contributed by atoms with Crippen molar-refractivity contribution in [2.45, 2.75) is 20.3 Å². The van der Waals surface area contributed by atoms with E-state index in [1.165, 1.54) is 13.2 Å². The van der Waals surface area contributed by atoms with Gasteiger partial charge in [0.15, 0.2) is 6.61 Å². The van der Waals surface area contributed by atoms with E-state index in [9.17, 15) is 14.4 Å². The molecular formula is C21H23NO6. The van der Waals surface area contributed by atoms with Gasteiger partial charge in [0.25, 0.3) is 5.91 Å². The molecule has 0 unspecified atom stereocenters. The van der Waals surface area contributed by atoms with Gasteiger partial charge in [0.2, 0.25) is 0 Å². The molecule has 7 heteroatoms. The maximum Gasteiger partial charge on any atom is 0.338 e. The van der Waals surface area contributed by atoms with E-state index < -0.39 is 24.5 Å². The predicted octanol–water partition coefficient (Wildman–Crippen LogP) is 3.37. The molecule has 1 N–H and O–H groups in total. The minimum absolute atomic E-state index is 0.311. The van der Waals surface area contributed by atoms with E-state index in [1.54, 1.807) is 43.3 Å². The fourth-order valence-corrected chi connectivity index (χ4v) is 2.31. The van der Waals surface area contributed by atoms with Crippen LogP contribution in [0.3, 0.4) is 0 Å². The van der Waals surface area contributed by atoms with Crippen LogP contribution in [0, 0.1) is 6.92 Å². The average molecular weight is 385 g/mol. The van der Waals surface area contributed by atoms with Crippen LogP contribution >= 0.6 is 0 Å². The lowest BCUT2D eigenvalue weighted by atomic mass is 10.1. The van der Waals surface area contributed by atoms with Crippen molar-refractivity contribution in [3.63, 3.8) is 0 Å². The lowest BCUT2D eigenvalue weighted by Gasteiger charge is -2.10. The van der Waals surface area contributed by atoms with Gasteiger partial charge in [0.05, 0.1) is 24.8 Å². The van der Waals surface area contributed by atoms with Crippen LogP contribution in [0.15, 0.2) is 42.5 Å². The molecule has 0 aliphatic rings. The molecule has 2 aromatic rings. The number of esters is 2. The number of hydrogen-bond acceptors (Lipinski definition) is 6. The van der Waals surface area contributed by atoms with Crippen LogP contribution in [0.1, 0.15) is 39.6 Å². The molecule has 1 amide bonds. The van der Waals surface area contributed by atoms with Crippen LogP contribution in [0.4, 0.5) is 5.69 Å². The number of nitrogens with one attached hydrogen (secondary N) is 1. The van der Waals surface area contributed by atoms with E-state index in [1.807, 2.05) is 6.92 Å². The summed E-state index contributed by atoms with van der Waals surface area (Å²) in [7, 11) is 1.28. The quantitative estimate of drug-likeness (QED) is 0.701. The van der Waals surface area contributed by atoms with Gasteiger partial charge in [-0.25, -0.2) is 9.59 Å². The van der Waals surface area contributed by atoms with Crippen molar-refractivity contribution in [3.8, 4) is 5.75 Å². The first-order valence-electron chi connectivity index (χ1n) is 8.83. The number of amides is 1. The highest BCUT2D eigenvalue weighted by Crippen LogP contribution is 2.18. The van der Waals surface area contributed by atoms with Crippen LogP contribution < -0.4 is 10.1 Å². The number of rotatable bonds is 8. The zero-order valence-electron chi connectivity index (χ0n) is 16.1. The zero-order valence-corrected chi connectivity index (χ0v) is 16.1.